The van der Waals surface area contributed by atoms with Crippen molar-refractivity contribution in [3.8, 4) is 33.9 Å². The molecule has 3 heterocycles. The van der Waals surface area contributed by atoms with Gasteiger partial charge in [-0.2, -0.15) is 5.10 Å². The van der Waals surface area contributed by atoms with Gasteiger partial charge in [0.25, 0.3) is 0 Å². The average Bonchev–Trinajstić information content (AvgIpc) is 3.33. The number of rotatable bonds is 5. The van der Waals surface area contributed by atoms with Gasteiger partial charge in [0.15, 0.2) is 5.65 Å². The Morgan fingerprint density at radius 1 is 0.976 bits per heavy atom. The van der Waals surface area contributed by atoms with Gasteiger partial charge in [-0.3, -0.25) is 0 Å². The fourth-order valence-electron chi connectivity index (χ4n) is 4.91. The molecule has 0 saturated heterocycles. The fourth-order valence-corrected chi connectivity index (χ4v) is 4.91. The Labute approximate surface area is 229 Å². The topological polar surface area (TPSA) is 129 Å². The number of phenolic OH excluding ortho intramolecular Hbond substituents is 1. The summed E-state index contributed by atoms with van der Waals surface area (Å²) >= 11 is 0. The van der Waals surface area contributed by atoms with Crippen molar-refractivity contribution in [2.45, 2.75) is 19.3 Å². The second kappa shape index (κ2) is 9.66. The lowest BCUT2D eigenvalue weighted by molar-refractivity contribution is -0.274. The van der Waals surface area contributed by atoms with Crippen LogP contribution in [0.1, 0.15) is 18.7 Å². The second-order valence-electron chi connectivity index (χ2n) is 9.23. The molecule has 0 radical (unpaired) electrons. The summed E-state index contributed by atoms with van der Waals surface area (Å²) in [6.07, 6.45) is -3.76. The summed E-state index contributed by atoms with van der Waals surface area (Å²) < 4.78 is 50.2. The molecule has 9 nitrogen and oxygen atoms in total. The first-order valence-corrected chi connectivity index (χ1v) is 12.3. The van der Waals surface area contributed by atoms with E-state index in [-0.39, 0.29) is 33.9 Å². The van der Waals surface area contributed by atoms with Crippen molar-refractivity contribution in [1.82, 2.24) is 19.7 Å². The summed E-state index contributed by atoms with van der Waals surface area (Å²) in [6, 6.07) is 18.8. The highest BCUT2D eigenvalue weighted by molar-refractivity contribution is 5.99. The number of benzene rings is 3. The lowest BCUT2D eigenvalue weighted by atomic mass is 9.96. The highest BCUT2D eigenvalue weighted by atomic mass is 19.4. The number of alkyl halides is 3. The molecule has 0 aliphatic carbocycles. The van der Waals surface area contributed by atoms with E-state index in [4.69, 9.17) is 10.2 Å². The average molecular weight is 560 g/mol. The Morgan fingerprint density at radius 2 is 1.68 bits per heavy atom. The second-order valence-corrected chi connectivity index (χ2v) is 9.23. The number of aromatic hydroxyl groups is 1. The van der Waals surface area contributed by atoms with E-state index >= 15 is 0 Å². The third-order valence-electron chi connectivity index (χ3n) is 6.59. The maximum atomic E-state index is 13.1. The van der Waals surface area contributed by atoms with Gasteiger partial charge in [0.2, 0.25) is 0 Å². The molecule has 6 aromatic rings. The molecule has 1 atom stereocenters. The highest BCUT2D eigenvalue weighted by Gasteiger charge is 2.32. The van der Waals surface area contributed by atoms with Gasteiger partial charge in [-0.05, 0) is 30.7 Å². The summed E-state index contributed by atoms with van der Waals surface area (Å²) in [6.45, 7) is 1.74. The van der Waals surface area contributed by atoms with Crippen LogP contribution in [0.2, 0.25) is 0 Å². The van der Waals surface area contributed by atoms with E-state index in [1.807, 2.05) is 42.5 Å². The van der Waals surface area contributed by atoms with E-state index in [1.54, 1.807) is 19.1 Å². The molecule has 0 saturated carbocycles. The van der Waals surface area contributed by atoms with Gasteiger partial charge in [0, 0.05) is 22.6 Å². The van der Waals surface area contributed by atoms with E-state index in [0.29, 0.717) is 16.3 Å². The normalized spacial score (nSPS) is 12.6. The van der Waals surface area contributed by atoms with Crippen LogP contribution in [0.25, 0.3) is 44.2 Å². The Balaban J connectivity index is 1.60. The fraction of sp³-hybridized carbons (Fsp3) is 0.103. The molecule has 3 aromatic heterocycles. The molecule has 3 N–H and O–H groups in total. The molecule has 0 aliphatic rings. The zero-order chi connectivity index (χ0) is 28.9. The zero-order valence-electron chi connectivity index (χ0n) is 21.3. The van der Waals surface area contributed by atoms with Crippen molar-refractivity contribution < 1.29 is 27.4 Å². The lowest BCUT2D eigenvalue weighted by Crippen LogP contribution is -2.17. The number of fused-ring (bicyclic) bond motifs is 2. The number of nitrogens with two attached hydrogens (primary N) is 1. The summed E-state index contributed by atoms with van der Waals surface area (Å²) in [4.78, 5) is 21.4. The minimum Gasteiger partial charge on any atom is -0.508 e. The van der Waals surface area contributed by atoms with Gasteiger partial charge >= 0.3 is 12.0 Å². The minimum absolute atomic E-state index is 0.00771. The molecule has 0 spiro atoms. The lowest BCUT2D eigenvalue weighted by Gasteiger charge is -2.18. The first kappa shape index (κ1) is 25.9. The summed E-state index contributed by atoms with van der Waals surface area (Å²) in [5, 5.41) is 16.1. The van der Waals surface area contributed by atoms with Gasteiger partial charge in [-0.1, -0.05) is 48.5 Å². The molecule has 0 fully saturated rings. The van der Waals surface area contributed by atoms with Crippen molar-refractivity contribution in [3.63, 3.8) is 0 Å². The molecule has 12 heteroatoms. The molecule has 0 aliphatic heterocycles. The van der Waals surface area contributed by atoms with Crippen LogP contribution in [-0.4, -0.2) is 31.2 Å². The molecule has 41 heavy (non-hydrogen) atoms. The van der Waals surface area contributed by atoms with E-state index in [1.165, 1.54) is 17.1 Å². The van der Waals surface area contributed by atoms with Crippen LogP contribution < -0.4 is 16.1 Å². The molecule has 0 bridgehead atoms. The molecule has 206 valence electrons. The van der Waals surface area contributed by atoms with E-state index in [9.17, 15) is 23.1 Å². The number of nitrogen functional groups attached to an aromatic ring is 1. The van der Waals surface area contributed by atoms with Crippen molar-refractivity contribution in [2.24, 2.45) is 0 Å². The van der Waals surface area contributed by atoms with Crippen LogP contribution in [0, 0.1) is 0 Å². The Bertz CT molecular complexity index is 1990. The van der Waals surface area contributed by atoms with Gasteiger partial charge < -0.3 is 20.0 Å². The van der Waals surface area contributed by atoms with Crippen molar-refractivity contribution in [1.29, 1.82) is 0 Å². The van der Waals surface area contributed by atoms with E-state index in [2.05, 4.69) is 19.8 Å². The largest absolute Gasteiger partial charge is 0.573 e. The van der Waals surface area contributed by atoms with Crippen molar-refractivity contribution in [3.05, 3.63) is 95.3 Å². The van der Waals surface area contributed by atoms with Crippen LogP contribution in [0.15, 0.2) is 88.3 Å². The number of anilines is 1. The number of nitrogens with zero attached hydrogens (tertiary/aromatic N) is 4. The van der Waals surface area contributed by atoms with Crippen LogP contribution in [0.4, 0.5) is 19.0 Å². The Morgan fingerprint density at radius 3 is 2.41 bits per heavy atom. The molecular formula is C29H20F3N5O4. The SMILES string of the molecule is CC(c1oc(=O)c2ccccc2c1-c1ccccc1)n1nc(-c2cc(O)cc(OC(F)(F)F)c2)c2c(N)ncnc21. The molecular weight excluding hydrogens is 539 g/mol. The van der Waals surface area contributed by atoms with Gasteiger partial charge in [-0.25, -0.2) is 19.4 Å². The maximum Gasteiger partial charge on any atom is 0.573 e. The van der Waals surface area contributed by atoms with Crippen LogP contribution in [0.3, 0.4) is 0 Å². The predicted molar refractivity (Wildman–Crippen MR) is 145 cm³/mol. The minimum atomic E-state index is -4.98. The third-order valence-corrected chi connectivity index (χ3v) is 6.59. The monoisotopic (exact) mass is 559 g/mol. The van der Waals surface area contributed by atoms with Crippen molar-refractivity contribution in [2.75, 3.05) is 5.73 Å². The smallest absolute Gasteiger partial charge is 0.508 e. The summed E-state index contributed by atoms with van der Waals surface area (Å²) in [5.74, 6) is -0.844. The van der Waals surface area contributed by atoms with Gasteiger partial charge in [-0.15, -0.1) is 13.2 Å². The number of phenols is 1. The van der Waals surface area contributed by atoms with Gasteiger partial charge in [0.1, 0.15) is 41.1 Å². The number of hydrogen-bond donors (Lipinski definition) is 2. The first-order chi connectivity index (χ1) is 19.6. The van der Waals surface area contributed by atoms with E-state index in [0.717, 1.165) is 17.7 Å². The Hall–Kier alpha value is -5.39. The molecule has 6 rings (SSSR count). The number of aromatic nitrogens is 4. The zero-order valence-corrected chi connectivity index (χ0v) is 21.3. The van der Waals surface area contributed by atoms with Crippen LogP contribution in [0.5, 0.6) is 11.5 Å². The van der Waals surface area contributed by atoms with Crippen LogP contribution in [-0.2, 0) is 0 Å². The van der Waals surface area contributed by atoms with Crippen LogP contribution >= 0.6 is 0 Å². The molecule has 1 unspecified atom stereocenters. The molecule has 3 aromatic carbocycles. The Kier molecular flexibility index (Phi) is 6.10. The quantitative estimate of drug-likeness (QED) is 0.261. The molecule has 0 amide bonds. The van der Waals surface area contributed by atoms with Crippen molar-refractivity contribution >= 4 is 27.6 Å². The maximum absolute atomic E-state index is 13.1. The standard InChI is InChI=1S/C29H20F3N5O4/c1-15(25-22(16-7-3-2-4-8-16)20-9-5-6-10-21(20)28(39)40-25)37-27-23(26(33)34-14-35-27)24(36-37)17-11-18(38)13-19(12-17)41-29(30,31)32/h2-15,38H,1H3,(H2,33,34,35). The number of hydrogen-bond acceptors (Lipinski definition) is 8. The summed E-state index contributed by atoms with van der Waals surface area (Å²) in [7, 11) is 0. The third kappa shape index (κ3) is 4.69. The highest BCUT2D eigenvalue weighted by Crippen LogP contribution is 2.40. The first-order valence-electron chi connectivity index (χ1n) is 12.3. The number of ether oxygens (including phenoxy) is 1. The summed E-state index contributed by atoms with van der Waals surface area (Å²) in [5.41, 5.74) is 7.51. The number of halogens is 3. The predicted octanol–water partition coefficient (Wildman–Crippen LogP) is 6.06. The van der Waals surface area contributed by atoms with Gasteiger partial charge in [0.05, 0.1) is 10.8 Å². The van der Waals surface area contributed by atoms with E-state index < -0.39 is 29.5 Å².